The standard InChI is InChI=1S/C20H19ClN6O3S/c1-20(8-7-12-5-3-2-4-6-12)17(29)27(19(30)25-20)26-15(28)11-31-18-23-14-9-13(21)10-22-16(14)24-18/h2-6,9-10H,7-8,11H2,1H3,(H,25,30)(H,26,28)(H,22,23,24)/t20-/m0/s1. The van der Waals surface area contributed by atoms with E-state index in [1.165, 1.54) is 6.20 Å². The van der Waals surface area contributed by atoms with Crippen LogP contribution in [0.4, 0.5) is 4.79 Å². The molecular weight excluding hydrogens is 440 g/mol. The Morgan fingerprint density at radius 1 is 1.29 bits per heavy atom. The number of aryl methyl sites for hydroxylation is 1. The summed E-state index contributed by atoms with van der Waals surface area (Å²) in [5.74, 6) is -1.05. The average Bonchev–Trinajstić information content (AvgIpc) is 3.25. The van der Waals surface area contributed by atoms with E-state index in [2.05, 4.69) is 25.7 Å². The third-order valence-electron chi connectivity index (χ3n) is 4.88. The number of hydrogen-bond donors (Lipinski definition) is 3. The Hall–Kier alpha value is -3.11. The number of pyridine rings is 1. The summed E-state index contributed by atoms with van der Waals surface area (Å²) < 4.78 is 0. The molecule has 1 saturated heterocycles. The maximum absolute atomic E-state index is 12.8. The van der Waals surface area contributed by atoms with Gasteiger partial charge in [-0.3, -0.25) is 15.0 Å². The number of urea groups is 1. The van der Waals surface area contributed by atoms with Crippen molar-refractivity contribution in [1.82, 2.24) is 30.7 Å². The molecule has 0 radical (unpaired) electrons. The number of amides is 4. The number of carbonyl (C=O) groups excluding carboxylic acids is 3. The van der Waals surface area contributed by atoms with Crippen LogP contribution in [0.3, 0.4) is 0 Å². The number of rotatable bonds is 7. The van der Waals surface area contributed by atoms with E-state index in [0.717, 1.165) is 22.3 Å². The molecule has 1 fully saturated rings. The molecule has 1 aliphatic heterocycles. The number of imide groups is 1. The summed E-state index contributed by atoms with van der Waals surface area (Å²) in [4.78, 5) is 48.8. The Morgan fingerprint density at radius 3 is 2.84 bits per heavy atom. The summed E-state index contributed by atoms with van der Waals surface area (Å²) in [6, 6.07) is 10.7. The largest absolute Gasteiger partial charge is 0.344 e. The van der Waals surface area contributed by atoms with Gasteiger partial charge in [-0.2, -0.15) is 5.01 Å². The van der Waals surface area contributed by atoms with E-state index >= 15 is 0 Å². The third kappa shape index (κ3) is 4.64. The summed E-state index contributed by atoms with van der Waals surface area (Å²) in [5.41, 5.74) is 3.49. The van der Waals surface area contributed by atoms with E-state index in [1.54, 1.807) is 13.0 Å². The van der Waals surface area contributed by atoms with Crippen molar-refractivity contribution in [3.8, 4) is 0 Å². The first-order valence-electron chi connectivity index (χ1n) is 9.48. The predicted molar refractivity (Wildman–Crippen MR) is 116 cm³/mol. The number of carbonyl (C=O) groups is 3. The minimum atomic E-state index is -1.09. The summed E-state index contributed by atoms with van der Waals surface area (Å²) in [5, 5.41) is 4.37. The molecule has 0 bridgehead atoms. The van der Waals surface area contributed by atoms with Gasteiger partial charge in [-0.1, -0.05) is 53.7 Å². The van der Waals surface area contributed by atoms with Gasteiger partial charge in [-0.25, -0.2) is 14.8 Å². The first-order chi connectivity index (χ1) is 14.8. The minimum Gasteiger partial charge on any atom is -0.331 e. The molecule has 3 heterocycles. The Bertz CT molecular complexity index is 1150. The molecule has 1 aliphatic rings. The number of benzene rings is 1. The number of aromatic nitrogens is 3. The number of thioether (sulfide) groups is 1. The van der Waals surface area contributed by atoms with Crippen molar-refractivity contribution in [3.63, 3.8) is 0 Å². The minimum absolute atomic E-state index is 0.0503. The molecule has 11 heteroatoms. The van der Waals surface area contributed by atoms with Gasteiger partial charge < -0.3 is 10.3 Å². The number of hydrogen-bond acceptors (Lipinski definition) is 6. The zero-order valence-corrected chi connectivity index (χ0v) is 18.1. The fourth-order valence-electron chi connectivity index (χ4n) is 3.21. The third-order valence-corrected chi connectivity index (χ3v) is 5.96. The van der Waals surface area contributed by atoms with Crippen molar-refractivity contribution < 1.29 is 14.4 Å². The van der Waals surface area contributed by atoms with Crippen molar-refractivity contribution >= 4 is 52.4 Å². The van der Waals surface area contributed by atoms with E-state index in [4.69, 9.17) is 11.6 Å². The van der Waals surface area contributed by atoms with Crippen molar-refractivity contribution in [3.05, 3.63) is 53.2 Å². The van der Waals surface area contributed by atoms with Crippen LogP contribution in [0.5, 0.6) is 0 Å². The van der Waals surface area contributed by atoms with Crippen LogP contribution in [0.15, 0.2) is 47.8 Å². The Labute approximate surface area is 186 Å². The van der Waals surface area contributed by atoms with Crippen molar-refractivity contribution in [2.24, 2.45) is 0 Å². The highest BCUT2D eigenvalue weighted by Gasteiger charge is 2.48. The Kier molecular flexibility index (Phi) is 5.84. The molecule has 9 nitrogen and oxygen atoms in total. The van der Waals surface area contributed by atoms with E-state index < -0.39 is 23.4 Å². The Morgan fingerprint density at radius 2 is 2.06 bits per heavy atom. The summed E-state index contributed by atoms with van der Waals surface area (Å²) >= 11 is 7.02. The second kappa shape index (κ2) is 8.56. The van der Waals surface area contributed by atoms with Crippen LogP contribution in [0, 0.1) is 0 Å². The monoisotopic (exact) mass is 458 g/mol. The topological polar surface area (TPSA) is 120 Å². The van der Waals surface area contributed by atoms with Crippen molar-refractivity contribution in [2.75, 3.05) is 5.75 Å². The van der Waals surface area contributed by atoms with Crippen molar-refractivity contribution in [1.29, 1.82) is 0 Å². The number of nitrogens with one attached hydrogen (secondary N) is 3. The molecule has 2 aromatic heterocycles. The van der Waals surface area contributed by atoms with Crippen LogP contribution in [-0.4, -0.2) is 49.1 Å². The second-order valence-electron chi connectivity index (χ2n) is 7.28. The van der Waals surface area contributed by atoms with Gasteiger partial charge in [0.25, 0.3) is 5.91 Å². The molecular formula is C20H19ClN6O3S. The molecule has 1 aromatic carbocycles. The quantitative estimate of drug-likeness (QED) is 0.370. The fourth-order valence-corrected chi connectivity index (χ4v) is 4.03. The van der Waals surface area contributed by atoms with E-state index in [9.17, 15) is 14.4 Å². The Balaban J connectivity index is 1.33. The maximum atomic E-state index is 12.8. The molecule has 0 saturated carbocycles. The number of H-pyrrole nitrogens is 1. The molecule has 1 atom stereocenters. The van der Waals surface area contributed by atoms with Crippen LogP contribution < -0.4 is 10.7 Å². The van der Waals surface area contributed by atoms with Gasteiger partial charge >= 0.3 is 6.03 Å². The van der Waals surface area contributed by atoms with Gasteiger partial charge in [0, 0.05) is 6.20 Å². The van der Waals surface area contributed by atoms with Crippen molar-refractivity contribution in [2.45, 2.75) is 30.5 Å². The lowest BCUT2D eigenvalue weighted by atomic mass is 9.93. The molecule has 3 N–H and O–H groups in total. The lowest BCUT2D eigenvalue weighted by Gasteiger charge is -2.21. The number of fused-ring (bicyclic) bond motifs is 1. The van der Waals surface area contributed by atoms with Gasteiger partial charge in [0.1, 0.15) is 5.54 Å². The second-order valence-corrected chi connectivity index (χ2v) is 8.68. The van der Waals surface area contributed by atoms with Gasteiger partial charge in [0.15, 0.2) is 10.8 Å². The predicted octanol–water partition coefficient (Wildman–Crippen LogP) is 2.68. The molecule has 160 valence electrons. The van der Waals surface area contributed by atoms with Gasteiger partial charge in [-0.15, -0.1) is 0 Å². The maximum Gasteiger partial charge on any atom is 0.344 e. The fraction of sp³-hybridized carbons (Fsp3) is 0.250. The normalized spacial score (nSPS) is 18.5. The zero-order chi connectivity index (χ0) is 22.0. The highest BCUT2D eigenvalue weighted by Crippen LogP contribution is 2.23. The lowest BCUT2D eigenvalue weighted by molar-refractivity contribution is -0.138. The molecule has 4 amide bonds. The van der Waals surface area contributed by atoms with E-state index in [-0.39, 0.29) is 5.75 Å². The zero-order valence-electron chi connectivity index (χ0n) is 16.5. The molecule has 0 unspecified atom stereocenters. The molecule has 31 heavy (non-hydrogen) atoms. The number of imidazole rings is 1. The molecule has 0 spiro atoms. The summed E-state index contributed by atoms with van der Waals surface area (Å²) in [6.45, 7) is 1.66. The van der Waals surface area contributed by atoms with E-state index in [0.29, 0.717) is 34.2 Å². The smallest absolute Gasteiger partial charge is 0.331 e. The number of hydrazine groups is 1. The number of halogens is 1. The van der Waals surface area contributed by atoms with Crippen LogP contribution in [-0.2, 0) is 16.0 Å². The number of aromatic amines is 1. The van der Waals surface area contributed by atoms with Crippen LogP contribution in [0.1, 0.15) is 18.9 Å². The summed E-state index contributed by atoms with van der Waals surface area (Å²) in [7, 11) is 0. The lowest BCUT2D eigenvalue weighted by Crippen LogP contribution is -2.49. The molecule has 4 rings (SSSR count). The van der Waals surface area contributed by atoms with E-state index in [1.807, 2.05) is 30.3 Å². The van der Waals surface area contributed by atoms with Crippen LogP contribution in [0.25, 0.3) is 11.2 Å². The highest BCUT2D eigenvalue weighted by molar-refractivity contribution is 7.99. The first kappa shape index (κ1) is 21.1. The molecule has 0 aliphatic carbocycles. The summed E-state index contributed by atoms with van der Waals surface area (Å²) in [6.07, 6.45) is 2.51. The van der Waals surface area contributed by atoms with Gasteiger partial charge in [0.05, 0.1) is 16.3 Å². The SMILES string of the molecule is C[C@@]1(CCc2ccccc2)NC(=O)N(NC(=O)CSc2nc3ncc(Cl)cc3[nH]2)C1=O. The van der Waals surface area contributed by atoms with Gasteiger partial charge in [0.2, 0.25) is 5.91 Å². The van der Waals surface area contributed by atoms with Gasteiger partial charge in [-0.05, 0) is 31.4 Å². The van der Waals surface area contributed by atoms with Crippen LogP contribution >= 0.6 is 23.4 Å². The highest BCUT2D eigenvalue weighted by atomic mass is 35.5. The first-order valence-corrected chi connectivity index (χ1v) is 10.8. The molecule has 3 aromatic rings. The number of nitrogens with zero attached hydrogens (tertiary/aromatic N) is 3. The average molecular weight is 459 g/mol. The van der Waals surface area contributed by atoms with Crippen LogP contribution in [0.2, 0.25) is 5.02 Å².